The number of nitrogens with zero attached hydrogens (tertiary/aromatic N) is 1. The Bertz CT molecular complexity index is 1220. The molecule has 8 nitrogen and oxygen atoms in total. The van der Waals surface area contributed by atoms with Crippen LogP contribution in [0.15, 0.2) is 42.5 Å². The first-order valence-electron chi connectivity index (χ1n) is 11.8. The van der Waals surface area contributed by atoms with E-state index in [1.165, 1.54) is 0 Å². The van der Waals surface area contributed by atoms with Crippen molar-refractivity contribution in [3.05, 3.63) is 42.5 Å². The minimum Gasteiger partial charge on any atom is -0.497 e. The molecule has 0 fully saturated rings. The second-order valence-electron chi connectivity index (χ2n) is 9.64. The van der Waals surface area contributed by atoms with Crippen molar-refractivity contribution >= 4 is 44.7 Å². The van der Waals surface area contributed by atoms with Crippen LogP contribution in [0.25, 0.3) is 21.8 Å². The van der Waals surface area contributed by atoms with Gasteiger partial charge >= 0.3 is 0 Å². The third-order valence-corrected chi connectivity index (χ3v) is 6.67. The molecule has 2 aromatic carbocycles. The lowest BCUT2D eigenvalue weighted by Gasteiger charge is -2.24. The average Bonchev–Trinajstić information content (AvgIpc) is 3.10. The number of rotatable bonds is 11. The highest BCUT2D eigenvalue weighted by Gasteiger charge is 2.27. The zero-order valence-corrected chi connectivity index (χ0v) is 21.7. The normalized spacial score (nSPS) is 14.3. The summed E-state index contributed by atoms with van der Waals surface area (Å²) in [4.78, 5) is 26.2. The number of para-hydroxylation sites is 1. The Kier molecular flexibility index (Phi) is 8.91. The van der Waals surface area contributed by atoms with Crippen molar-refractivity contribution in [2.75, 3.05) is 7.11 Å². The Morgan fingerprint density at radius 2 is 1.63 bits per heavy atom. The van der Waals surface area contributed by atoms with Gasteiger partial charge in [-0.3, -0.25) is 9.59 Å². The van der Waals surface area contributed by atoms with Gasteiger partial charge in [0.15, 0.2) is 11.1 Å². The van der Waals surface area contributed by atoms with Crippen LogP contribution in [0, 0.1) is 11.8 Å². The fraction of sp³-hybridized carbons (Fsp3) is 0.462. The third kappa shape index (κ3) is 6.61. The number of aromatic nitrogens is 1. The van der Waals surface area contributed by atoms with Gasteiger partial charge in [-0.25, -0.2) is 4.21 Å². The standard InChI is InChI=1S/C26H35N3O5S/c1-16(2)12-21(26(31)28-25(35(32)33)13-17(3)4)27-24(30)15-29-22-9-7-6-8-19(22)20-11-10-18(34-5)14-23(20)29/h6-11,14,16-17,21,25H,12-13,15H2,1-5H3,(H,27,30)(H,28,31)(H,32,33)/t21-,25+/m0/s1. The van der Waals surface area contributed by atoms with Gasteiger partial charge in [-0.1, -0.05) is 45.9 Å². The van der Waals surface area contributed by atoms with Crippen molar-refractivity contribution < 1.29 is 23.1 Å². The first-order chi connectivity index (χ1) is 16.6. The Hall–Kier alpha value is -2.91. The summed E-state index contributed by atoms with van der Waals surface area (Å²) in [5, 5.41) is 6.66. The molecule has 190 valence electrons. The highest BCUT2D eigenvalue weighted by Crippen LogP contribution is 2.31. The highest BCUT2D eigenvalue weighted by molar-refractivity contribution is 7.79. The summed E-state index contributed by atoms with van der Waals surface area (Å²) in [5.41, 5.74) is 1.77. The Balaban J connectivity index is 1.86. The van der Waals surface area contributed by atoms with E-state index in [4.69, 9.17) is 4.74 Å². The zero-order chi connectivity index (χ0) is 25.7. The summed E-state index contributed by atoms with van der Waals surface area (Å²) in [6, 6.07) is 12.8. The monoisotopic (exact) mass is 501 g/mol. The second kappa shape index (κ2) is 11.7. The molecule has 3 rings (SSSR count). The number of hydrogen-bond acceptors (Lipinski definition) is 4. The van der Waals surface area contributed by atoms with E-state index >= 15 is 0 Å². The molecule has 3 aromatic rings. The van der Waals surface area contributed by atoms with Crippen LogP contribution < -0.4 is 15.4 Å². The lowest BCUT2D eigenvalue weighted by atomic mass is 10.0. The minimum atomic E-state index is -2.21. The van der Waals surface area contributed by atoms with Crippen LogP contribution in [0.2, 0.25) is 0 Å². The van der Waals surface area contributed by atoms with Gasteiger partial charge in [0, 0.05) is 22.4 Å². The number of nitrogens with one attached hydrogen (secondary N) is 2. The first kappa shape index (κ1) is 26.7. The molecule has 0 bridgehead atoms. The molecule has 0 saturated carbocycles. The van der Waals surface area contributed by atoms with E-state index in [-0.39, 0.29) is 24.3 Å². The van der Waals surface area contributed by atoms with Crippen LogP contribution in [0.1, 0.15) is 40.5 Å². The van der Waals surface area contributed by atoms with E-state index in [1.807, 2.05) is 74.7 Å². The molecule has 0 aliphatic heterocycles. The number of carbonyl (C=O) groups excluding carboxylic acids is 2. The SMILES string of the molecule is COc1ccc2c3ccccc3n(CC(=O)N[C@@H](CC(C)C)C(=O)N[C@@H](CC(C)C)S(=O)O)c2c1. The predicted octanol–water partition coefficient (Wildman–Crippen LogP) is 4.04. The molecule has 0 aliphatic rings. The van der Waals surface area contributed by atoms with Crippen LogP contribution in [-0.4, -0.2) is 43.7 Å². The summed E-state index contributed by atoms with van der Waals surface area (Å²) < 4.78 is 28.7. The largest absolute Gasteiger partial charge is 0.497 e. The van der Waals surface area contributed by atoms with Gasteiger partial charge in [0.2, 0.25) is 11.8 Å². The zero-order valence-electron chi connectivity index (χ0n) is 20.9. The van der Waals surface area contributed by atoms with Gasteiger partial charge in [-0.05, 0) is 42.9 Å². The quantitative estimate of drug-likeness (QED) is 0.344. The lowest BCUT2D eigenvalue weighted by molar-refractivity contribution is -0.129. The van der Waals surface area contributed by atoms with E-state index in [1.54, 1.807) is 7.11 Å². The van der Waals surface area contributed by atoms with Crippen LogP contribution in [0.4, 0.5) is 0 Å². The number of amides is 2. The Labute approximate surface area is 208 Å². The van der Waals surface area contributed by atoms with Crippen LogP contribution in [0.3, 0.4) is 0 Å². The number of methoxy groups -OCH3 is 1. The van der Waals surface area contributed by atoms with Crippen molar-refractivity contribution in [3.8, 4) is 5.75 Å². The molecule has 1 unspecified atom stereocenters. The van der Waals surface area contributed by atoms with E-state index < -0.39 is 28.4 Å². The molecule has 1 aromatic heterocycles. The highest BCUT2D eigenvalue weighted by atomic mass is 32.2. The molecule has 0 radical (unpaired) electrons. The van der Waals surface area contributed by atoms with Crippen molar-refractivity contribution in [1.82, 2.24) is 15.2 Å². The molecular weight excluding hydrogens is 466 g/mol. The summed E-state index contributed by atoms with van der Waals surface area (Å²) in [5.74, 6) is 0.173. The van der Waals surface area contributed by atoms with E-state index in [0.29, 0.717) is 18.6 Å². The van der Waals surface area contributed by atoms with Crippen molar-refractivity contribution in [3.63, 3.8) is 0 Å². The van der Waals surface area contributed by atoms with Crippen molar-refractivity contribution in [1.29, 1.82) is 0 Å². The molecule has 1 heterocycles. The molecular formula is C26H35N3O5S. The van der Waals surface area contributed by atoms with E-state index in [0.717, 1.165) is 21.8 Å². The maximum Gasteiger partial charge on any atom is 0.243 e. The summed E-state index contributed by atoms with van der Waals surface area (Å²) in [6.45, 7) is 7.77. The number of carbonyl (C=O) groups is 2. The number of benzene rings is 2. The van der Waals surface area contributed by atoms with Gasteiger partial charge in [0.05, 0.1) is 12.6 Å². The van der Waals surface area contributed by atoms with Crippen LogP contribution in [-0.2, 0) is 27.2 Å². The first-order valence-corrected chi connectivity index (χ1v) is 13.0. The average molecular weight is 502 g/mol. The Morgan fingerprint density at radius 3 is 2.26 bits per heavy atom. The molecule has 2 amide bonds. The van der Waals surface area contributed by atoms with Crippen molar-refractivity contribution in [2.24, 2.45) is 11.8 Å². The van der Waals surface area contributed by atoms with Gasteiger partial charge in [-0.2, -0.15) is 0 Å². The summed E-state index contributed by atoms with van der Waals surface area (Å²) in [6.07, 6.45) is 0.769. The fourth-order valence-electron chi connectivity index (χ4n) is 4.29. The molecule has 0 aliphatic carbocycles. The Morgan fingerprint density at radius 1 is 0.971 bits per heavy atom. The predicted molar refractivity (Wildman–Crippen MR) is 140 cm³/mol. The summed E-state index contributed by atoms with van der Waals surface area (Å²) in [7, 11) is 1.60. The third-order valence-electron chi connectivity index (χ3n) is 5.87. The van der Waals surface area contributed by atoms with Gasteiger partial charge in [0.1, 0.15) is 23.7 Å². The smallest absolute Gasteiger partial charge is 0.243 e. The second-order valence-corrected chi connectivity index (χ2v) is 10.8. The fourth-order valence-corrected chi connectivity index (χ4v) is 5.06. The van der Waals surface area contributed by atoms with Crippen molar-refractivity contribution in [2.45, 2.75) is 58.5 Å². The number of ether oxygens (including phenoxy) is 1. The maximum absolute atomic E-state index is 13.2. The molecule has 3 atom stereocenters. The van der Waals surface area contributed by atoms with Gasteiger partial charge in [-0.15, -0.1) is 0 Å². The molecule has 9 heteroatoms. The molecule has 0 saturated heterocycles. The molecule has 3 N–H and O–H groups in total. The van der Waals surface area contributed by atoms with E-state index in [9.17, 15) is 18.4 Å². The van der Waals surface area contributed by atoms with E-state index in [2.05, 4.69) is 10.6 Å². The summed E-state index contributed by atoms with van der Waals surface area (Å²) >= 11 is -2.21. The van der Waals surface area contributed by atoms with Gasteiger partial charge in [0.25, 0.3) is 0 Å². The molecule has 35 heavy (non-hydrogen) atoms. The van der Waals surface area contributed by atoms with Gasteiger partial charge < -0.3 is 24.5 Å². The topological polar surface area (TPSA) is 110 Å². The van der Waals surface area contributed by atoms with Crippen LogP contribution >= 0.6 is 0 Å². The number of hydrogen-bond donors (Lipinski definition) is 3. The number of fused-ring (bicyclic) bond motifs is 3. The lowest BCUT2D eigenvalue weighted by Crippen LogP contribution is -2.51. The maximum atomic E-state index is 13.2. The van der Waals surface area contributed by atoms with Crippen LogP contribution in [0.5, 0.6) is 5.75 Å². The molecule has 0 spiro atoms. The minimum absolute atomic E-state index is 0.0143.